The summed E-state index contributed by atoms with van der Waals surface area (Å²) in [5.74, 6) is 1.02. The number of benzene rings is 1. The number of unbranched alkanes of at least 4 members (excludes halogenated alkanes) is 1. The van der Waals surface area contributed by atoms with Crippen LogP contribution in [0.1, 0.15) is 54.5 Å². The van der Waals surface area contributed by atoms with E-state index < -0.39 is 0 Å². The van der Waals surface area contributed by atoms with Crippen LogP contribution in [0.15, 0.2) is 34.2 Å². The molecule has 0 aliphatic heterocycles. The second kappa shape index (κ2) is 9.41. The summed E-state index contributed by atoms with van der Waals surface area (Å²) in [6.07, 6.45) is 5.23. The first-order valence-electron chi connectivity index (χ1n) is 9.98. The van der Waals surface area contributed by atoms with E-state index in [2.05, 4.69) is 41.5 Å². The van der Waals surface area contributed by atoms with Crippen LogP contribution in [0.2, 0.25) is 0 Å². The molecule has 1 saturated carbocycles. The van der Waals surface area contributed by atoms with E-state index >= 15 is 0 Å². The molecule has 1 aliphatic rings. The lowest BCUT2D eigenvalue weighted by atomic mass is 10.0. The van der Waals surface area contributed by atoms with Gasteiger partial charge in [0.25, 0.3) is 5.56 Å². The SMILES string of the molecule is Cc1ccc(Cc2c(C)nc(SCCCCC(=O)NC3CC3)n(C)c2=O)cc1. The van der Waals surface area contributed by atoms with Gasteiger partial charge in [0.15, 0.2) is 5.16 Å². The Labute approximate surface area is 171 Å². The maximum atomic E-state index is 12.8. The number of nitrogens with one attached hydrogen (secondary N) is 1. The highest BCUT2D eigenvalue weighted by atomic mass is 32.2. The number of hydrogen-bond donors (Lipinski definition) is 1. The maximum Gasteiger partial charge on any atom is 0.257 e. The van der Waals surface area contributed by atoms with Gasteiger partial charge in [-0.3, -0.25) is 14.2 Å². The van der Waals surface area contributed by atoms with Crippen molar-refractivity contribution >= 4 is 17.7 Å². The summed E-state index contributed by atoms with van der Waals surface area (Å²) in [5, 5.41) is 3.76. The molecule has 0 radical (unpaired) electrons. The maximum absolute atomic E-state index is 12.8. The fourth-order valence-electron chi connectivity index (χ4n) is 3.05. The Morgan fingerprint density at radius 1 is 1.21 bits per heavy atom. The number of rotatable bonds is 9. The fraction of sp³-hybridized carbons (Fsp3) is 0.500. The van der Waals surface area contributed by atoms with Gasteiger partial charge in [-0.05, 0) is 45.1 Å². The van der Waals surface area contributed by atoms with Gasteiger partial charge in [-0.2, -0.15) is 0 Å². The van der Waals surface area contributed by atoms with Gasteiger partial charge in [-0.1, -0.05) is 41.6 Å². The molecule has 1 fully saturated rings. The second-order valence-electron chi connectivity index (χ2n) is 7.63. The molecule has 0 spiro atoms. The van der Waals surface area contributed by atoms with Crippen LogP contribution in [0.25, 0.3) is 0 Å². The number of nitrogens with zero attached hydrogens (tertiary/aromatic N) is 2. The van der Waals surface area contributed by atoms with Crippen molar-refractivity contribution in [2.75, 3.05) is 5.75 Å². The summed E-state index contributed by atoms with van der Waals surface area (Å²) >= 11 is 1.59. The molecule has 150 valence electrons. The summed E-state index contributed by atoms with van der Waals surface area (Å²) in [5.41, 5.74) is 3.92. The smallest absolute Gasteiger partial charge is 0.257 e. The van der Waals surface area contributed by atoms with Crippen LogP contribution in [0, 0.1) is 13.8 Å². The molecule has 1 aromatic heterocycles. The Morgan fingerprint density at radius 3 is 2.61 bits per heavy atom. The lowest BCUT2D eigenvalue weighted by Crippen LogP contribution is -2.26. The number of hydrogen-bond acceptors (Lipinski definition) is 4. The van der Waals surface area contributed by atoms with Crippen molar-refractivity contribution in [2.24, 2.45) is 7.05 Å². The molecule has 6 heteroatoms. The van der Waals surface area contributed by atoms with Crippen molar-refractivity contribution in [3.05, 3.63) is 57.0 Å². The largest absolute Gasteiger partial charge is 0.353 e. The van der Waals surface area contributed by atoms with E-state index in [1.54, 1.807) is 23.4 Å². The second-order valence-corrected chi connectivity index (χ2v) is 8.69. The lowest BCUT2D eigenvalue weighted by Gasteiger charge is -2.12. The van der Waals surface area contributed by atoms with Gasteiger partial charge in [0.2, 0.25) is 5.91 Å². The topological polar surface area (TPSA) is 64.0 Å². The van der Waals surface area contributed by atoms with Gasteiger partial charge in [0.1, 0.15) is 0 Å². The first-order chi connectivity index (χ1) is 13.4. The van der Waals surface area contributed by atoms with E-state index in [9.17, 15) is 9.59 Å². The summed E-state index contributed by atoms with van der Waals surface area (Å²) in [6.45, 7) is 3.97. The number of aryl methyl sites for hydroxylation is 2. The standard InChI is InChI=1S/C22H29N3O2S/c1-15-7-9-17(10-8-15)14-19-16(2)23-22(25(3)21(19)27)28-13-5-4-6-20(26)24-18-11-12-18/h7-10,18H,4-6,11-14H2,1-3H3,(H,24,26). The molecule has 0 saturated heterocycles. The van der Waals surface area contributed by atoms with Gasteiger partial charge >= 0.3 is 0 Å². The minimum Gasteiger partial charge on any atom is -0.353 e. The molecule has 28 heavy (non-hydrogen) atoms. The predicted molar refractivity (Wildman–Crippen MR) is 114 cm³/mol. The summed E-state index contributed by atoms with van der Waals surface area (Å²) < 4.78 is 1.65. The molecule has 1 heterocycles. The Kier molecular flexibility index (Phi) is 6.94. The highest BCUT2D eigenvalue weighted by Gasteiger charge is 2.22. The molecule has 0 bridgehead atoms. The first-order valence-corrected chi connectivity index (χ1v) is 11.0. The fourth-order valence-corrected chi connectivity index (χ4v) is 4.06. The molecule has 1 amide bonds. The highest BCUT2D eigenvalue weighted by molar-refractivity contribution is 7.99. The molecule has 5 nitrogen and oxygen atoms in total. The Bertz CT molecular complexity index is 886. The highest BCUT2D eigenvalue weighted by Crippen LogP contribution is 2.20. The van der Waals surface area contributed by atoms with Gasteiger partial charge in [0.05, 0.1) is 0 Å². The van der Waals surface area contributed by atoms with Gasteiger partial charge in [-0.15, -0.1) is 0 Å². The van der Waals surface area contributed by atoms with Crippen LogP contribution in [-0.2, 0) is 18.3 Å². The van der Waals surface area contributed by atoms with Gasteiger partial charge in [0, 0.05) is 42.9 Å². The molecule has 2 aromatic rings. The van der Waals surface area contributed by atoms with Crippen LogP contribution in [0.4, 0.5) is 0 Å². The van der Waals surface area contributed by atoms with E-state index in [1.165, 1.54) is 5.56 Å². The minimum atomic E-state index is 0.0272. The summed E-state index contributed by atoms with van der Waals surface area (Å²) in [4.78, 5) is 29.2. The zero-order valence-corrected chi connectivity index (χ0v) is 17.8. The summed E-state index contributed by atoms with van der Waals surface area (Å²) in [7, 11) is 1.79. The monoisotopic (exact) mass is 399 g/mol. The average molecular weight is 400 g/mol. The van der Waals surface area contributed by atoms with E-state index in [0.29, 0.717) is 18.9 Å². The predicted octanol–water partition coefficient (Wildman–Crippen LogP) is 3.53. The Morgan fingerprint density at radius 2 is 1.93 bits per heavy atom. The van der Waals surface area contributed by atoms with Crippen molar-refractivity contribution in [2.45, 2.75) is 63.6 Å². The molecule has 3 rings (SSSR count). The first kappa shape index (κ1) is 20.6. The number of amides is 1. The van der Waals surface area contributed by atoms with Crippen LogP contribution >= 0.6 is 11.8 Å². The minimum absolute atomic E-state index is 0.0272. The lowest BCUT2D eigenvalue weighted by molar-refractivity contribution is -0.121. The average Bonchev–Trinajstić information content (AvgIpc) is 3.48. The van der Waals surface area contributed by atoms with Crippen LogP contribution < -0.4 is 10.9 Å². The third-order valence-corrected chi connectivity index (χ3v) is 6.14. The van der Waals surface area contributed by atoms with Gasteiger partial charge < -0.3 is 5.32 Å². The van der Waals surface area contributed by atoms with Crippen molar-refractivity contribution in [3.63, 3.8) is 0 Å². The zero-order chi connectivity index (χ0) is 20.1. The Balaban J connectivity index is 1.54. The normalized spacial score (nSPS) is 13.5. The molecule has 1 aromatic carbocycles. The number of carbonyl (C=O) groups is 1. The molecular formula is C22H29N3O2S. The zero-order valence-electron chi connectivity index (χ0n) is 17.0. The Hall–Kier alpha value is -2.08. The molecule has 1 N–H and O–H groups in total. The third-order valence-electron chi connectivity index (χ3n) is 5.02. The van der Waals surface area contributed by atoms with Crippen molar-refractivity contribution in [1.29, 1.82) is 0 Å². The van der Waals surface area contributed by atoms with E-state index in [4.69, 9.17) is 0 Å². The molecule has 0 unspecified atom stereocenters. The molecular weight excluding hydrogens is 370 g/mol. The molecule has 1 aliphatic carbocycles. The van der Waals surface area contributed by atoms with Crippen molar-refractivity contribution in [3.8, 4) is 0 Å². The van der Waals surface area contributed by atoms with Crippen LogP contribution in [0.3, 0.4) is 0 Å². The van der Waals surface area contributed by atoms with Crippen LogP contribution in [-0.4, -0.2) is 27.3 Å². The van der Waals surface area contributed by atoms with E-state index in [-0.39, 0.29) is 11.5 Å². The quantitative estimate of drug-likeness (QED) is 0.398. The summed E-state index contributed by atoms with van der Waals surface area (Å²) in [6, 6.07) is 8.70. The number of thioether (sulfide) groups is 1. The van der Waals surface area contributed by atoms with Gasteiger partial charge in [-0.25, -0.2) is 4.98 Å². The third kappa shape index (κ3) is 5.71. The molecule has 0 atom stereocenters. The van der Waals surface area contributed by atoms with Crippen LogP contribution in [0.5, 0.6) is 0 Å². The number of aromatic nitrogens is 2. The van der Waals surface area contributed by atoms with Crippen molar-refractivity contribution in [1.82, 2.24) is 14.9 Å². The van der Waals surface area contributed by atoms with E-state index in [1.807, 2.05) is 6.92 Å². The van der Waals surface area contributed by atoms with E-state index in [0.717, 1.165) is 53.4 Å². The van der Waals surface area contributed by atoms with Crippen molar-refractivity contribution < 1.29 is 4.79 Å². The number of carbonyl (C=O) groups excluding carboxylic acids is 1.